The predicted octanol–water partition coefficient (Wildman–Crippen LogP) is -2.05. The van der Waals surface area contributed by atoms with Crippen LogP contribution in [0.4, 0.5) is 0 Å². The van der Waals surface area contributed by atoms with Gasteiger partial charge in [0, 0.05) is 52.4 Å². The Morgan fingerprint density at radius 1 is 0.452 bits per heavy atom. The second-order valence-electron chi connectivity index (χ2n) is 7.39. The minimum absolute atomic E-state index is 0. The molecule has 1 fully saturated rings. The van der Waals surface area contributed by atoms with Crippen molar-refractivity contribution in [1.82, 2.24) is 19.6 Å². The number of carboxylic acid groups (broad SMARTS) is 4. The van der Waals surface area contributed by atoms with Crippen LogP contribution in [0.1, 0.15) is 12.8 Å². The van der Waals surface area contributed by atoms with Crippen molar-refractivity contribution in [3.63, 3.8) is 0 Å². The molecule has 1 aliphatic heterocycles. The third kappa shape index (κ3) is 15.1. The summed E-state index contributed by atoms with van der Waals surface area (Å²) in [5, 5.41) is 36.5. The Morgan fingerprint density at radius 2 is 0.645 bits per heavy atom. The molecule has 0 spiro atoms. The van der Waals surface area contributed by atoms with Gasteiger partial charge in [0.15, 0.2) is 0 Å². The molecule has 0 aromatic carbocycles. The number of nitrogens with zero attached hydrogens (tertiary/aromatic N) is 4. The molecule has 4 N–H and O–H groups in total. The molecule has 0 aromatic heterocycles. The van der Waals surface area contributed by atoms with Gasteiger partial charge in [0.05, 0.1) is 26.2 Å². The SMILES string of the molecule is O=C(O)CN1CCCN(CC(=O)O)CCN(CC(=O)O)CCCN(CC(=O)O)CC1.[Bi+3]. The van der Waals surface area contributed by atoms with E-state index in [0.717, 1.165) is 0 Å². The van der Waals surface area contributed by atoms with Crippen molar-refractivity contribution < 1.29 is 39.6 Å². The molecule has 31 heavy (non-hydrogen) atoms. The fourth-order valence-electron chi connectivity index (χ4n) is 3.45. The van der Waals surface area contributed by atoms with Crippen LogP contribution in [0.2, 0.25) is 0 Å². The first-order valence-electron chi connectivity index (χ1n) is 9.92. The molecule has 0 saturated carbocycles. The van der Waals surface area contributed by atoms with Crippen molar-refractivity contribution in [2.45, 2.75) is 12.8 Å². The van der Waals surface area contributed by atoms with Gasteiger partial charge in [-0.25, -0.2) is 0 Å². The maximum absolute atomic E-state index is 11.1. The first-order valence-corrected chi connectivity index (χ1v) is 9.92. The summed E-state index contributed by atoms with van der Waals surface area (Å²) in [7, 11) is 0. The quantitative estimate of drug-likeness (QED) is 0.215. The molecule has 12 nitrogen and oxygen atoms in total. The summed E-state index contributed by atoms with van der Waals surface area (Å²) in [5.74, 6) is -3.92. The van der Waals surface area contributed by atoms with Gasteiger partial charge in [0.2, 0.25) is 0 Å². The number of hydrogen-bond donors (Lipinski definition) is 4. The van der Waals surface area contributed by atoms with E-state index in [-0.39, 0.29) is 52.4 Å². The molecule has 0 unspecified atom stereocenters. The summed E-state index contributed by atoms with van der Waals surface area (Å²) in [6, 6.07) is 0. The van der Waals surface area contributed by atoms with Crippen LogP contribution in [0.5, 0.6) is 0 Å². The molecule has 1 rings (SSSR count). The average molecular weight is 641 g/mol. The van der Waals surface area contributed by atoms with Crippen molar-refractivity contribution in [2.24, 2.45) is 0 Å². The van der Waals surface area contributed by atoms with E-state index in [9.17, 15) is 19.2 Å². The third-order valence-corrected chi connectivity index (χ3v) is 4.80. The van der Waals surface area contributed by atoms with E-state index < -0.39 is 23.9 Å². The molecule has 174 valence electrons. The van der Waals surface area contributed by atoms with Crippen molar-refractivity contribution in [1.29, 1.82) is 0 Å². The van der Waals surface area contributed by atoms with Crippen LogP contribution in [-0.4, -0.2) is 169 Å². The van der Waals surface area contributed by atoms with Crippen LogP contribution in [0.25, 0.3) is 0 Å². The number of hydrogen-bond acceptors (Lipinski definition) is 8. The standard InChI is InChI=1S/C18H32N4O8.Bi/c23-15(24)11-19-3-1-4-20(12-16(25)26)8-10-22(14-18(29)30)6-2-5-21(9-7-19)13-17(27)28;/h1-14H2,(H,23,24)(H,25,26)(H,27,28)(H,29,30);/q;+3. The van der Waals surface area contributed by atoms with Gasteiger partial charge in [0.25, 0.3) is 0 Å². The first kappa shape index (κ1) is 29.6. The van der Waals surface area contributed by atoms with Crippen molar-refractivity contribution in [2.75, 3.05) is 78.5 Å². The number of carbonyl (C=O) groups is 4. The molecule has 1 aliphatic rings. The molecule has 1 heterocycles. The fraction of sp³-hybridized carbons (Fsp3) is 0.778. The van der Waals surface area contributed by atoms with E-state index in [1.807, 2.05) is 0 Å². The van der Waals surface area contributed by atoms with Gasteiger partial charge >= 0.3 is 50.1 Å². The maximum Gasteiger partial charge on any atom is 3.00 e. The van der Waals surface area contributed by atoms with E-state index >= 15 is 0 Å². The Labute approximate surface area is 200 Å². The van der Waals surface area contributed by atoms with Gasteiger partial charge in [0.1, 0.15) is 0 Å². The van der Waals surface area contributed by atoms with Gasteiger partial charge < -0.3 is 20.4 Å². The molecule has 2 radical (unpaired) electrons. The summed E-state index contributed by atoms with van der Waals surface area (Å²) in [6.07, 6.45) is 1.08. The number of carboxylic acids is 4. The van der Waals surface area contributed by atoms with Crippen LogP contribution in [0.15, 0.2) is 0 Å². The molecular formula is C18H32BiN4O8+3. The zero-order valence-corrected chi connectivity index (χ0v) is 21.0. The molecular weight excluding hydrogens is 609 g/mol. The van der Waals surface area contributed by atoms with Gasteiger partial charge in [-0.3, -0.25) is 38.8 Å². The van der Waals surface area contributed by atoms with E-state index in [4.69, 9.17) is 20.4 Å². The summed E-state index contributed by atoms with van der Waals surface area (Å²) in [6.45, 7) is 2.52. The van der Waals surface area contributed by atoms with Gasteiger partial charge in [-0.2, -0.15) is 0 Å². The fourth-order valence-corrected chi connectivity index (χ4v) is 3.45. The minimum Gasteiger partial charge on any atom is -0.480 e. The Bertz CT molecular complexity index is 497. The Balaban J connectivity index is 0.00000900. The number of aliphatic carboxylic acids is 4. The molecule has 1 saturated heterocycles. The summed E-state index contributed by atoms with van der Waals surface area (Å²) >= 11 is 0. The monoisotopic (exact) mass is 641 g/mol. The van der Waals surface area contributed by atoms with Crippen LogP contribution in [-0.2, 0) is 19.2 Å². The van der Waals surface area contributed by atoms with Crippen LogP contribution in [0.3, 0.4) is 0 Å². The van der Waals surface area contributed by atoms with Crippen LogP contribution < -0.4 is 0 Å². The molecule has 13 heteroatoms. The predicted molar refractivity (Wildman–Crippen MR) is 111 cm³/mol. The first-order chi connectivity index (χ1) is 14.2. The van der Waals surface area contributed by atoms with E-state index in [1.165, 1.54) is 0 Å². The summed E-state index contributed by atoms with van der Waals surface area (Å²) in [5.41, 5.74) is 0. The topological polar surface area (TPSA) is 162 Å². The molecule has 0 bridgehead atoms. The zero-order chi connectivity index (χ0) is 22.5. The Kier molecular flexibility index (Phi) is 15.5. The van der Waals surface area contributed by atoms with Crippen LogP contribution >= 0.6 is 0 Å². The second kappa shape index (κ2) is 16.3. The van der Waals surface area contributed by atoms with E-state index in [1.54, 1.807) is 19.6 Å². The Morgan fingerprint density at radius 3 is 0.806 bits per heavy atom. The Hall–Kier alpha value is -1.40. The van der Waals surface area contributed by atoms with Crippen molar-refractivity contribution in [3.8, 4) is 0 Å². The van der Waals surface area contributed by atoms with E-state index in [0.29, 0.717) is 65.2 Å². The van der Waals surface area contributed by atoms with Crippen molar-refractivity contribution >= 4 is 50.1 Å². The van der Waals surface area contributed by atoms with Gasteiger partial charge in [-0.05, 0) is 12.8 Å². The minimum atomic E-state index is -0.979. The van der Waals surface area contributed by atoms with Gasteiger partial charge in [-0.15, -0.1) is 0 Å². The smallest absolute Gasteiger partial charge is 0.480 e. The van der Waals surface area contributed by atoms with Crippen molar-refractivity contribution in [3.05, 3.63) is 0 Å². The third-order valence-electron chi connectivity index (χ3n) is 4.80. The van der Waals surface area contributed by atoms with Crippen LogP contribution in [0, 0.1) is 0 Å². The maximum atomic E-state index is 11.1. The molecule has 0 aromatic rings. The average Bonchev–Trinajstić information content (AvgIpc) is 2.60. The summed E-state index contributed by atoms with van der Waals surface area (Å²) < 4.78 is 0. The zero-order valence-electron chi connectivity index (χ0n) is 17.6. The second-order valence-corrected chi connectivity index (χ2v) is 7.39. The molecule has 0 atom stereocenters. The normalized spacial score (nSPS) is 19.1. The number of rotatable bonds is 8. The summed E-state index contributed by atoms with van der Waals surface area (Å²) in [4.78, 5) is 51.5. The molecule has 0 amide bonds. The molecule has 0 aliphatic carbocycles. The van der Waals surface area contributed by atoms with Gasteiger partial charge in [-0.1, -0.05) is 0 Å². The largest absolute Gasteiger partial charge is 3.00 e. The van der Waals surface area contributed by atoms with E-state index in [2.05, 4.69) is 0 Å².